The van der Waals surface area contributed by atoms with Crippen LogP contribution in [0.25, 0.3) is 0 Å². The third-order valence-electron chi connectivity index (χ3n) is 5.49. The summed E-state index contributed by atoms with van der Waals surface area (Å²) in [5.41, 5.74) is 0. The molecule has 1 heterocycles. The Balaban J connectivity index is 0.000000892. The van der Waals surface area contributed by atoms with Crippen molar-refractivity contribution in [2.45, 2.75) is 72.4 Å². The zero-order valence-corrected chi connectivity index (χ0v) is 20.1. The van der Waals surface area contributed by atoms with E-state index in [0.29, 0.717) is 12.1 Å². The number of rotatable bonds is 7. The number of amides is 2. The second-order valence-electron chi connectivity index (χ2n) is 8.49. The summed E-state index contributed by atoms with van der Waals surface area (Å²) in [5, 5.41) is 0. The number of nitrogens with zero attached hydrogens (tertiary/aromatic N) is 3. The van der Waals surface area contributed by atoms with Crippen molar-refractivity contribution in [2.75, 3.05) is 57.9 Å². The molecule has 1 aliphatic carbocycles. The molecule has 1 saturated heterocycles. The molecule has 0 aromatic carbocycles. The largest absolute Gasteiger partial charge is 0.381 e. The van der Waals surface area contributed by atoms with Gasteiger partial charge in [-0.15, -0.1) is 0 Å². The quantitative estimate of drug-likeness (QED) is 0.617. The van der Waals surface area contributed by atoms with E-state index in [0.717, 1.165) is 56.7 Å². The molecular weight excluding hydrogens is 370 g/mol. The molecule has 0 radical (unpaired) electrons. The lowest BCUT2D eigenvalue weighted by molar-refractivity contribution is 0.0377. The van der Waals surface area contributed by atoms with Crippen LogP contribution in [-0.2, 0) is 4.74 Å². The van der Waals surface area contributed by atoms with E-state index in [9.17, 15) is 4.79 Å². The Kier molecular flexibility index (Phi) is 13.3. The molecule has 0 aromatic heterocycles. The van der Waals surface area contributed by atoms with Crippen LogP contribution < -0.4 is 0 Å². The van der Waals surface area contributed by atoms with Gasteiger partial charge in [-0.25, -0.2) is 4.79 Å². The van der Waals surface area contributed by atoms with E-state index < -0.39 is 0 Å². The maximum absolute atomic E-state index is 12.7. The number of methoxy groups -OCH3 is 1. The number of thioether (sulfide) groups is 1. The number of carbonyl (C=O) groups excluding carboxylic acids is 1. The first-order valence-corrected chi connectivity index (χ1v) is 12.5. The Labute approximate surface area is 178 Å². The van der Waals surface area contributed by atoms with Crippen LogP contribution in [-0.4, -0.2) is 90.8 Å². The number of urea groups is 1. The van der Waals surface area contributed by atoms with Crippen LogP contribution in [0, 0.1) is 5.92 Å². The first-order chi connectivity index (χ1) is 13.4. The second kappa shape index (κ2) is 14.5. The number of ether oxygens (including phenoxy) is 1. The maximum Gasteiger partial charge on any atom is 0.320 e. The first-order valence-electron chi connectivity index (χ1n) is 11.3. The van der Waals surface area contributed by atoms with Gasteiger partial charge < -0.3 is 14.5 Å². The highest BCUT2D eigenvalue weighted by molar-refractivity contribution is 7.99. The number of carbonyl (C=O) groups is 1. The molecule has 1 aliphatic heterocycles. The Hall–Kier alpha value is -0.460. The molecule has 28 heavy (non-hydrogen) atoms. The van der Waals surface area contributed by atoms with Crippen molar-refractivity contribution in [1.29, 1.82) is 0 Å². The summed E-state index contributed by atoms with van der Waals surface area (Å²) in [4.78, 5) is 19.3. The third-order valence-corrected chi connectivity index (χ3v) is 6.43. The van der Waals surface area contributed by atoms with E-state index in [1.165, 1.54) is 25.7 Å². The Morgan fingerprint density at radius 2 is 1.61 bits per heavy atom. The fraction of sp³-hybridized carbons (Fsp3) is 0.955. The van der Waals surface area contributed by atoms with Crippen LogP contribution in [0.3, 0.4) is 0 Å². The van der Waals surface area contributed by atoms with Crippen molar-refractivity contribution >= 4 is 17.8 Å². The van der Waals surface area contributed by atoms with E-state index >= 15 is 0 Å². The van der Waals surface area contributed by atoms with Gasteiger partial charge >= 0.3 is 6.03 Å². The molecule has 0 N–H and O–H groups in total. The summed E-state index contributed by atoms with van der Waals surface area (Å²) in [6.45, 7) is 16.3. The van der Waals surface area contributed by atoms with Gasteiger partial charge in [-0.1, -0.05) is 27.7 Å². The normalized spacial score (nSPS) is 22.8. The summed E-state index contributed by atoms with van der Waals surface area (Å²) in [6.07, 6.45) is 5.22. The highest BCUT2D eigenvalue weighted by Crippen LogP contribution is 2.24. The lowest BCUT2D eigenvalue weighted by Gasteiger charge is -2.38. The zero-order valence-electron chi connectivity index (χ0n) is 19.3. The summed E-state index contributed by atoms with van der Waals surface area (Å²) in [7, 11) is 1.83. The molecule has 1 saturated carbocycles. The fourth-order valence-corrected chi connectivity index (χ4v) is 4.74. The maximum atomic E-state index is 12.7. The predicted molar refractivity (Wildman–Crippen MR) is 122 cm³/mol. The van der Waals surface area contributed by atoms with Crippen molar-refractivity contribution in [3.05, 3.63) is 0 Å². The Bertz CT molecular complexity index is 406. The number of likely N-dealkylation sites (N-methyl/N-ethyl adjacent to an activating group) is 2. The fourth-order valence-electron chi connectivity index (χ4n) is 3.84. The van der Waals surface area contributed by atoms with Gasteiger partial charge in [0.15, 0.2) is 0 Å². The van der Waals surface area contributed by atoms with Gasteiger partial charge in [-0.05, 0) is 45.1 Å². The standard InChI is InChI=1S/C18H35N3O2S.C4H10/c1-4-19(16-6-8-17(23-3)9-7-16)10-11-20(5-2)18(22)21-12-14-24-15-13-21;1-4(2)3/h16-17H,4-15H2,1-3H3;4H,1-3H3. The van der Waals surface area contributed by atoms with Gasteiger partial charge in [0.2, 0.25) is 0 Å². The van der Waals surface area contributed by atoms with Gasteiger partial charge in [-0.2, -0.15) is 11.8 Å². The van der Waals surface area contributed by atoms with E-state index in [1.54, 1.807) is 0 Å². The topological polar surface area (TPSA) is 36.0 Å². The van der Waals surface area contributed by atoms with Crippen molar-refractivity contribution in [1.82, 2.24) is 14.7 Å². The molecule has 6 heteroatoms. The summed E-state index contributed by atoms with van der Waals surface area (Å²) >= 11 is 1.95. The number of hydrogen-bond donors (Lipinski definition) is 0. The molecule has 166 valence electrons. The highest BCUT2D eigenvalue weighted by atomic mass is 32.2. The molecule has 2 rings (SSSR count). The second-order valence-corrected chi connectivity index (χ2v) is 9.71. The average Bonchev–Trinajstić information content (AvgIpc) is 2.71. The SMILES string of the molecule is CC(C)C.CCN(CCN(CC)C1CCC(OC)CC1)C(=O)N1CCSCC1. The minimum atomic E-state index is 0.233. The highest BCUT2D eigenvalue weighted by Gasteiger charge is 2.26. The third kappa shape index (κ3) is 9.36. The summed E-state index contributed by atoms with van der Waals surface area (Å²) in [6, 6.07) is 0.888. The lowest BCUT2D eigenvalue weighted by Crippen LogP contribution is -2.50. The van der Waals surface area contributed by atoms with Gasteiger partial charge in [0.25, 0.3) is 0 Å². The summed E-state index contributed by atoms with van der Waals surface area (Å²) < 4.78 is 5.49. The molecule has 5 nitrogen and oxygen atoms in total. The van der Waals surface area contributed by atoms with Crippen LogP contribution in [0.1, 0.15) is 60.3 Å². The van der Waals surface area contributed by atoms with Crippen molar-refractivity contribution in [3.8, 4) is 0 Å². The van der Waals surface area contributed by atoms with Crippen LogP contribution >= 0.6 is 11.8 Å². The molecule has 2 amide bonds. The van der Waals surface area contributed by atoms with Crippen LogP contribution in [0.2, 0.25) is 0 Å². The number of hydrogen-bond acceptors (Lipinski definition) is 4. The van der Waals surface area contributed by atoms with Crippen LogP contribution in [0.5, 0.6) is 0 Å². The van der Waals surface area contributed by atoms with Crippen molar-refractivity contribution < 1.29 is 9.53 Å². The van der Waals surface area contributed by atoms with Gasteiger partial charge in [0, 0.05) is 57.4 Å². The van der Waals surface area contributed by atoms with E-state index in [-0.39, 0.29) is 6.03 Å². The van der Waals surface area contributed by atoms with Gasteiger partial charge in [0.05, 0.1) is 6.10 Å². The van der Waals surface area contributed by atoms with E-state index in [1.807, 2.05) is 28.7 Å². The molecule has 0 bridgehead atoms. The smallest absolute Gasteiger partial charge is 0.320 e. The molecule has 0 atom stereocenters. The Morgan fingerprint density at radius 1 is 1.04 bits per heavy atom. The van der Waals surface area contributed by atoms with E-state index in [2.05, 4.69) is 39.5 Å². The van der Waals surface area contributed by atoms with Crippen LogP contribution in [0.4, 0.5) is 4.79 Å². The molecule has 2 aliphatic rings. The monoisotopic (exact) mass is 415 g/mol. The van der Waals surface area contributed by atoms with Gasteiger partial charge in [0.1, 0.15) is 0 Å². The average molecular weight is 416 g/mol. The molecule has 2 fully saturated rings. The Morgan fingerprint density at radius 3 is 2.07 bits per heavy atom. The first kappa shape index (κ1) is 25.6. The predicted octanol–water partition coefficient (Wildman–Crippen LogP) is 4.42. The van der Waals surface area contributed by atoms with Crippen molar-refractivity contribution in [2.24, 2.45) is 5.92 Å². The van der Waals surface area contributed by atoms with Gasteiger partial charge in [-0.3, -0.25) is 4.90 Å². The minimum absolute atomic E-state index is 0.233. The van der Waals surface area contributed by atoms with E-state index in [4.69, 9.17) is 4.74 Å². The molecule has 0 spiro atoms. The van der Waals surface area contributed by atoms with Crippen LogP contribution in [0.15, 0.2) is 0 Å². The van der Waals surface area contributed by atoms with Crippen molar-refractivity contribution in [3.63, 3.8) is 0 Å². The summed E-state index contributed by atoms with van der Waals surface area (Å²) in [5.74, 6) is 2.99. The molecular formula is C22H45N3O2S. The lowest BCUT2D eigenvalue weighted by atomic mass is 9.92. The molecule has 0 unspecified atom stereocenters. The molecule has 0 aromatic rings. The minimum Gasteiger partial charge on any atom is -0.381 e. The zero-order chi connectivity index (χ0) is 20.9.